The molecule has 23 heavy (non-hydrogen) atoms. The van der Waals surface area contributed by atoms with Crippen LogP contribution in [-0.2, 0) is 14.4 Å². The molecule has 2 aliphatic rings. The molecule has 1 unspecified atom stereocenters. The van der Waals surface area contributed by atoms with Crippen molar-refractivity contribution in [3.05, 3.63) is 23.2 Å². The number of rotatable bonds is 3. The lowest BCUT2D eigenvalue weighted by Crippen LogP contribution is -2.48. The Morgan fingerprint density at radius 2 is 2.22 bits per heavy atom. The number of hydrogen-bond acceptors (Lipinski definition) is 6. The van der Waals surface area contributed by atoms with E-state index >= 15 is 0 Å². The van der Waals surface area contributed by atoms with Crippen LogP contribution in [0.2, 0.25) is 5.02 Å². The zero-order chi connectivity index (χ0) is 16.6. The van der Waals surface area contributed by atoms with Crippen LogP contribution in [0.4, 0.5) is 5.69 Å². The number of carboxylic acids is 1. The summed E-state index contributed by atoms with van der Waals surface area (Å²) in [5.41, 5.74) is 0.546. The first-order chi connectivity index (χ1) is 11.0. The molecule has 1 N–H and O–H groups in total. The number of halogens is 1. The number of hydrogen-bond donors (Lipinski definition) is 1. The number of nitrogens with zero attached hydrogens (tertiary/aromatic N) is 2. The van der Waals surface area contributed by atoms with Gasteiger partial charge < -0.3 is 19.6 Å². The number of carboxylic acid groups (broad SMARTS) is 1. The third kappa shape index (κ3) is 3.23. The molecule has 7 nitrogen and oxygen atoms in total. The standard InChI is InChI=1S/C14H13ClN2O5S/c15-8-1-2-11-9(3-8)16(5-13(19)22-11)4-12(18)17-7-23-6-10(17)14(20)21/h1-3,10H,4-7H2,(H,20,21). The Labute approximate surface area is 141 Å². The molecular weight excluding hydrogens is 344 g/mol. The van der Waals surface area contributed by atoms with Gasteiger partial charge in [-0.25, -0.2) is 9.59 Å². The molecule has 3 rings (SSSR count). The van der Waals surface area contributed by atoms with E-state index in [2.05, 4.69) is 0 Å². The molecule has 2 heterocycles. The Balaban J connectivity index is 1.80. The van der Waals surface area contributed by atoms with Gasteiger partial charge in [0.2, 0.25) is 5.91 Å². The monoisotopic (exact) mass is 356 g/mol. The van der Waals surface area contributed by atoms with Crippen molar-refractivity contribution < 1.29 is 24.2 Å². The molecule has 1 saturated heterocycles. The molecule has 2 aliphatic heterocycles. The van der Waals surface area contributed by atoms with E-state index in [-0.39, 0.29) is 19.0 Å². The second-order valence-electron chi connectivity index (χ2n) is 5.16. The summed E-state index contributed by atoms with van der Waals surface area (Å²) in [6.45, 7) is -0.190. The van der Waals surface area contributed by atoms with Crippen molar-refractivity contribution in [1.82, 2.24) is 4.90 Å². The highest BCUT2D eigenvalue weighted by Gasteiger charge is 2.36. The van der Waals surface area contributed by atoms with E-state index in [1.54, 1.807) is 23.1 Å². The van der Waals surface area contributed by atoms with Crippen molar-refractivity contribution in [1.29, 1.82) is 0 Å². The van der Waals surface area contributed by atoms with Gasteiger partial charge in [0.1, 0.15) is 12.6 Å². The van der Waals surface area contributed by atoms with E-state index in [0.717, 1.165) is 0 Å². The van der Waals surface area contributed by atoms with E-state index in [1.165, 1.54) is 16.7 Å². The fraction of sp³-hybridized carbons (Fsp3) is 0.357. The van der Waals surface area contributed by atoms with E-state index in [4.69, 9.17) is 21.4 Å². The molecule has 0 aromatic heterocycles. The number of fused-ring (bicyclic) bond motifs is 1. The molecule has 0 radical (unpaired) electrons. The minimum absolute atomic E-state index is 0.0855. The summed E-state index contributed by atoms with van der Waals surface area (Å²) in [6, 6.07) is 3.95. The van der Waals surface area contributed by atoms with Crippen molar-refractivity contribution in [2.24, 2.45) is 0 Å². The Morgan fingerprint density at radius 3 is 2.96 bits per heavy atom. The summed E-state index contributed by atoms with van der Waals surface area (Å²) in [6.07, 6.45) is 0. The Bertz CT molecular complexity index is 683. The van der Waals surface area contributed by atoms with Crippen LogP contribution in [-0.4, -0.2) is 58.6 Å². The molecule has 1 amide bonds. The maximum absolute atomic E-state index is 12.5. The highest BCUT2D eigenvalue weighted by molar-refractivity contribution is 7.99. The number of esters is 1. The van der Waals surface area contributed by atoms with Crippen molar-refractivity contribution in [2.45, 2.75) is 6.04 Å². The van der Waals surface area contributed by atoms with E-state index in [0.29, 0.717) is 28.1 Å². The van der Waals surface area contributed by atoms with Crippen molar-refractivity contribution in [3.8, 4) is 5.75 Å². The molecular formula is C14H13ClN2O5S. The zero-order valence-electron chi connectivity index (χ0n) is 11.9. The number of carbonyl (C=O) groups is 3. The SMILES string of the molecule is O=C1CN(CC(=O)N2CSCC2C(=O)O)c2cc(Cl)ccc2O1. The molecule has 0 bridgehead atoms. The van der Waals surface area contributed by atoms with Crippen LogP contribution in [0.5, 0.6) is 5.75 Å². The van der Waals surface area contributed by atoms with Crippen molar-refractivity contribution >= 4 is 46.9 Å². The van der Waals surface area contributed by atoms with Crippen LogP contribution in [0.15, 0.2) is 18.2 Å². The van der Waals surface area contributed by atoms with Gasteiger partial charge in [-0.1, -0.05) is 11.6 Å². The van der Waals surface area contributed by atoms with Gasteiger partial charge in [-0.2, -0.15) is 0 Å². The molecule has 0 aliphatic carbocycles. The first kappa shape index (κ1) is 15.9. The molecule has 1 aromatic rings. The second-order valence-corrected chi connectivity index (χ2v) is 6.60. The number of carbonyl (C=O) groups excluding carboxylic acids is 2. The maximum atomic E-state index is 12.5. The quantitative estimate of drug-likeness (QED) is 0.639. The zero-order valence-corrected chi connectivity index (χ0v) is 13.5. The molecule has 0 spiro atoms. The summed E-state index contributed by atoms with van der Waals surface area (Å²) in [4.78, 5) is 38.2. The summed E-state index contributed by atoms with van der Waals surface area (Å²) in [7, 11) is 0. The maximum Gasteiger partial charge on any atom is 0.331 e. The fourth-order valence-electron chi connectivity index (χ4n) is 2.51. The van der Waals surface area contributed by atoms with Crippen molar-refractivity contribution in [3.63, 3.8) is 0 Å². The number of aliphatic carboxylic acids is 1. The molecule has 1 fully saturated rings. The fourth-order valence-corrected chi connectivity index (χ4v) is 3.85. The average molecular weight is 357 g/mol. The van der Waals surface area contributed by atoms with Gasteiger partial charge >= 0.3 is 11.9 Å². The van der Waals surface area contributed by atoms with Gasteiger partial charge in [-0.3, -0.25) is 4.79 Å². The largest absolute Gasteiger partial charge is 0.480 e. The van der Waals surface area contributed by atoms with Crippen LogP contribution in [0.3, 0.4) is 0 Å². The Hall–Kier alpha value is -1.93. The minimum atomic E-state index is -1.02. The first-order valence-corrected chi connectivity index (χ1v) is 8.34. The van der Waals surface area contributed by atoms with Crippen LogP contribution >= 0.6 is 23.4 Å². The van der Waals surface area contributed by atoms with Crippen LogP contribution < -0.4 is 9.64 Å². The average Bonchev–Trinajstić information content (AvgIpc) is 2.97. The highest BCUT2D eigenvalue weighted by Crippen LogP contribution is 2.34. The predicted molar refractivity (Wildman–Crippen MR) is 84.9 cm³/mol. The summed E-state index contributed by atoms with van der Waals surface area (Å²) in [5.74, 6) is -0.808. The normalized spacial score (nSPS) is 20.2. The number of thioether (sulfide) groups is 1. The van der Waals surface area contributed by atoms with Crippen LogP contribution in [0.25, 0.3) is 0 Å². The lowest BCUT2D eigenvalue weighted by molar-refractivity contribution is -0.147. The van der Waals surface area contributed by atoms with Crippen molar-refractivity contribution in [2.75, 3.05) is 29.6 Å². The van der Waals surface area contributed by atoms with E-state index < -0.39 is 18.0 Å². The lowest BCUT2D eigenvalue weighted by atomic mass is 10.2. The first-order valence-electron chi connectivity index (χ1n) is 6.81. The molecule has 122 valence electrons. The number of amides is 1. The second kappa shape index (κ2) is 6.29. The minimum Gasteiger partial charge on any atom is -0.480 e. The number of benzene rings is 1. The summed E-state index contributed by atoms with van der Waals surface area (Å²) in [5, 5.41) is 9.62. The molecule has 9 heteroatoms. The van der Waals surface area contributed by atoms with E-state index in [9.17, 15) is 14.4 Å². The van der Waals surface area contributed by atoms with E-state index in [1.807, 2.05) is 0 Å². The van der Waals surface area contributed by atoms with Gasteiger partial charge in [0.15, 0.2) is 5.75 Å². The van der Waals surface area contributed by atoms with Gasteiger partial charge in [0, 0.05) is 10.8 Å². The summed E-state index contributed by atoms with van der Waals surface area (Å²) >= 11 is 7.35. The van der Waals surface area contributed by atoms with Gasteiger partial charge in [-0.05, 0) is 18.2 Å². The molecule has 1 atom stereocenters. The summed E-state index contributed by atoms with van der Waals surface area (Å²) < 4.78 is 5.12. The van der Waals surface area contributed by atoms with Crippen LogP contribution in [0, 0.1) is 0 Å². The smallest absolute Gasteiger partial charge is 0.331 e. The molecule has 0 saturated carbocycles. The topological polar surface area (TPSA) is 87.2 Å². The highest BCUT2D eigenvalue weighted by atomic mass is 35.5. The predicted octanol–water partition coefficient (Wildman–Crippen LogP) is 1.05. The van der Waals surface area contributed by atoms with Gasteiger partial charge in [0.05, 0.1) is 18.1 Å². The number of ether oxygens (including phenoxy) is 1. The third-order valence-corrected chi connectivity index (χ3v) is 4.87. The lowest BCUT2D eigenvalue weighted by Gasteiger charge is -2.31. The Kier molecular flexibility index (Phi) is 4.36. The van der Waals surface area contributed by atoms with Crippen LogP contribution in [0.1, 0.15) is 0 Å². The Morgan fingerprint density at radius 1 is 1.43 bits per heavy atom. The number of anilines is 1. The third-order valence-electron chi connectivity index (χ3n) is 3.62. The van der Waals surface area contributed by atoms with Gasteiger partial charge in [0.25, 0.3) is 0 Å². The van der Waals surface area contributed by atoms with Gasteiger partial charge in [-0.15, -0.1) is 11.8 Å². The molecule has 1 aromatic carbocycles.